The molecule has 0 saturated carbocycles. The van der Waals surface area contributed by atoms with E-state index < -0.39 is 5.97 Å². The van der Waals surface area contributed by atoms with Crippen LogP contribution in [0.2, 0.25) is 0 Å². The second-order valence-corrected chi connectivity index (χ2v) is 3.10. The van der Waals surface area contributed by atoms with Crippen molar-refractivity contribution in [3.05, 3.63) is 0 Å². The van der Waals surface area contributed by atoms with Gasteiger partial charge in [-0.25, -0.2) is 0 Å². The summed E-state index contributed by atoms with van der Waals surface area (Å²) in [7, 11) is 6.54. The molecule has 62 valence electrons. The number of quaternary nitrogens is 1. The van der Waals surface area contributed by atoms with E-state index in [1.54, 1.807) is 0 Å². The van der Waals surface area contributed by atoms with Gasteiger partial charge in [0.25, 0.3) is 0 Å². The molecule has 0 spiro atoms. The van der Waals surface area contributed by atoms with Crippen LogP contribution in [0.15, 0.2) is 0 Å². The Morgan fingerprint density at radius 1 is 1.40 bits per heavy atom. The molecule has 0 rings (SSSR count). The van der Waals surface area contributed by atoms with Gasteiger partial charge < -0.3 is 14.4 Å². The Morgan fingerprint density at radius 2 is 1.50 bits per heavy atom. The molecule has 0 aliphatic rings. The number of carbonyl (C=O) groups excluding carboxylic acids is 1. The first-order valence-electron chi connectivity index (χ1n) is 3.27. The summed E-state index contributed by atoms with van der Waals surface area (Å²) in [6.07, 6.45) is 0. The maximum atomic E-state index is 8.89. The number of carboxylic acid groups (broad SMARTS) is 1. The second-order valence-electron chi connectivity index (χ2n) is 3.10. The normalized spacial score (nSPS) is 9.70. The van der Waals surface area contributed by atoms with E-state index in [-0.39, 0.29) is 0 Å². The van der Waals surface area contributed by atoms with E-state index in [4.69, 9.17) is 9.90 Å². The van der Waals surface area contributed by atoms with Crippen molar-refractivity contribution in [2.24, 2.45) is 0 Å². The van der Waals surface area contributed by atoms with Gasteiger partial charge in [0.05, 0.1) is 27.7 Å². The van der Waals surface area contributed by atoms with Crippen molar-refractivity contribution in [1.29, 1.82) is 0 Å². The molecular weight excluding hydrogens is 130 g/mol. The molecule has 0 aromatic rings. The summed E-state index contributed by atoms with van der Waals surface area (Å²) in [5.41, 5.74) is 0. The fraction of sp³-hybridized carbons (Fsp3) is 0.857. The Balaban J connectivity index is 0. The standard InChI is InChI=1S/C5H14N.C2H4O2/c1-5-6(2,3)4;1-2(3)4/h5H2,1-4H3;1H3,(H,3,4)/q+1;/p-1. The van der Waals surface area contributed by atoms with Crippen LogP contribution < -0.4 is 5.11 Å². The van der Waals surface area contributed by atoms with Crippen molar-refractivity contribution >= 4 is 5.97 Å². The zero-order valence-electron chi connectivity index (χ0n) is 7.47. The molecule has 0 aromatic carbocycles. The predicted octanol–water partition coefficient (Wildman–Crippen LogP) is -0.531. The van der Waals surface area contributed by atoms with Gasteiger partial charge in [0.15, 0.2) is 0 Å². The molecule has 0 amide bonds. The fourth-order valence-corrected chi connectivity index (χ4v) is 0. The van der Waals surface area contributed by atoms with E-state index in [1.165, 1.54) is 6.54 Å². The largest absolute Gasteiger partial charge is 0.550 e. The van der Waals surface area contributed by atoms with Gasteiger partial charge in [-0.15, -0.1) is 0 Å². The first-order chi connectivity index (χ1) is 4.29. The zero-order valence-corrected chi connectivity index (χ0v) is 7.47. The molecule has 0 N–H and O–H groups in total. The fourth-order valence-electron chi connectivity index (χ4n) is 0. The number of carbonyl (C=O) groups is 1. The number of hydrogen-bond acceptors (Lipinski definition) is 2. The van der Waals surface area contributed by atoms with Gasteiger partial charge in [0, 0.05) is 5.97 Å². The summed E-state index contributed by atoms with van der Waals surface area (Å²) >= 11 is 0. The van der Waals surface area contributed by atoms with E-state index in [2.05, 4.69) is 28.1 Å². The average molecular weight is 147 g/mol. The number of hydrogen-bond donors (Lipinski definition) is 0. The summed E-state index contributed by atoms with van der Waals surface area (Å²) in [5, 5.41) is 8.89. The molecule has 0 aliphatic carbocycles. The average Bonchev–Trinajstić information content (AvgIpc) is 1.63. The number of rotatable bonds is 1. The topological polar surface area (TPSA) is 40.1 Å². The molecule has 0 atom stereocenters. The maximum Gasteiger partial charge on any atom is 0.0751 e. The quantitative estimate of drug-likeness (QED) is 0.468. The third-order valence-electron chi connectivity index (χ3n) is 0.949. The van der Waals surface area contributed by atoms with Gasteiger partial charge in [0.2, 0.25) is 0 Å². The summed E-state index contributed by atoms with van der Waals surface area (Å²) in [4.78, 5) is 8.89. The minimum atomic E-state index is -1.08. The van der Waals surface area contributed by atoms with E-state index in [0.29, 0.717) is 0 Å². The monoisotopic (exact) mass is 147 g/mol. The number of nitrogens with zero attached hydrogens (tertiary/aromatic N) is 1. The Bertz CT molecular complexity index is 90.3. The molecule has 3 heteroatoms. The second kappa shape index (κ2) is 5.23. The van der Waals surface area contributed by atoms with Crippen molar-refractivity contribution in [3.63, 3.8) is 0 Å². The summed E-state index contributed by atoms with van der Waals surface area (Å²) in [6, 6.07) is 0. The molecule has 0 saturated heterocycles. The molecule has 0 radical (unpaired) electrons. The summed E-state index contributed by atoms with van der Waals surface area (Å²) in [5.74, 6) is -1.08. The first kappa shape index (κ1) is 12.1. The van der Waals surface area contributed by atoms with Crippen LogP contribution in [-0.4, -0.2) is 38.1 Å². The molecule has 0 aromatic heterocycles. The highest BCUT2D eigenvalue weighted by Crippen LogP contribution is 1.83. The van der Waals surface area contributed by atoms with Gasteiger partial charge in [0.1, 0.15) is 0 Å². The lowest BCUT2D eigenvalue weighted by Crippen LogP contribution is -2.33. The molecule has 0 heterocycles. The molecule has 10 heavy (non-hydrogen) atoms. The molecule has 0 bridgehead atoms. The van der Waals surface area contributed by atoms with Crippen molar-refractivity contribution in [1.82, 2.24) is 0 Å². The molecule has 3 nitrogen and oxygen atoms in total. The summed E-state index contributed by atoms with van der Waals surface area (Å²) in [6.45, 7) is 4.36. The van der Waals surface area contributed by atoms with E-state index in [9.17, 15) is 0 Å². The lowest BCUT2D eigenvalue weighted by Gasteiger charge is -2.20. The van der Waals surface area contributed by atoms with Crippen LogP contribution >= 0.6 is 0 Å². The Kier molecular flexibility index (Phi) is 6.35. The highest BCUT2D eigenvalue weighted by atomic mass is 16.4. The third kappa shape index (κ3) is 52.0. The first-order valence-corrected chi connectivity index (χ1v) is 3.27. The van der Waals surface area contributed by atoms with Crippen LogP contribution in [0.3, 0.4) is 0 Å². The van der Waals surface area contributed by atoms with Crippen LogP contribution in [0.5, 0.6) is 0 Å². The van der Waals surface area contributed by atoms with Crippen molar-refractivity contribution in [2.45, 2.75) is 13.8 Å². The Hall–Kier alpha value is -0.570. The van der Waals surface area contributed by atoms with Gasteiger partial charge in [-0.2, -0.15) is 0 Å². The Labute approximate surface area is 62.9 Å². The van der Waals surface area contributed by atoms with E-state index in [0.717, 1.165) is 11.4 Å². The van der Waals surface area contributed by atoms with Gasteiger partial charge in [-0.1, -0.05) is 0 Å². The van der Waals surface area contributed by atoms with Gasteiger partial charge in [-0.05, 0) is 13.8 Å². The predicted molar refractivity (Wildman–Crippen MR) is 39.3 cm³/mol. The SMILES string of the molecule is CC(=O)[O-].CC[N+](C)(C)C. The van der Waals surface area contributed by atoms with E-state index >= 15 is 0 Å². The lowest BCUT2D eigenvalue weighted by atomic mass is 10.6. The molecule has 0 aliphatic heterocycles. The smallest absolute Gasteiger partial charge is 0.0751 e. The number of aliphatic carboxylic acids is 1. The highest BCUT2D eigenvalue weighted by Gasteiger charge is 1.97. The third-order valence-corrected chi connectivity index (χ3v) is 0.949. The minimum absolute atomic E-state index is 0.972. The summed E-state index contributed by atoms with van der Waals surface area (Å²) < 4.78 is 1.07. The van der Waals surface area contributed by atoms with Crippen molar-refractivity contribution < 1.29 is 14.4 Å². The Morgan fingerprint density at radius 3 is 1.50 bits per heavy atom. The number of carboxylic acids is 1. The minimum Gasteiger partial charge on any atom is -0.550 e. The van der Waals surface area contributed by atoms with Gasteiger partial charge >= 0.3 is 0 Å². The van der Waals surface area contributed by atoms with Crippen molar-refractivity contribution in [2.75, 3.05) is 27.7 Å². The van der Waals surface area contributed by atoms with Crippen LogP contribution in [0, 0.1) is 0 Å². The lowest BCUT2D eigenvalue weighted by molar-refractivity contribution is -0.868. The van der Waals surface area contributed by atoms with Crippen LogP contribution in [0.25, 0.3) is 0 Å². The highest BCUT2D eigenvalue weighted by molar-refractivity contribution is 5.60. The molecule has 0 fully saturated rings. The van der Waals surface area contributed by atoms with Crippen LogP contribution in [0.4, 0.5) is 0 Å². The van der Waals surface area contributed by atoms with Crippen LogP contribution in [-0.2, 0) is 4.79 Å². The molecular formula is C7H17NO2. The van der Waals surface area contributed by atoms with Crippen molar-refractivity contribution in [3.8, 4) is 0 Å². The van der Waals surface area contributed by atoms with Crippen LogP contribution in [0.1, 0.15) is 13.8 Å². The van der Waals surface area contributed by atoms with E-state index in [1.807, 2.05) is 0 Å². The zero-order chi connectivity index (χ0) is 8.78. The molecule has 0 unspecified atom stereocenters. The maximum absolute atomic E-state index is 8.89. The van der Waals surface area contributed by atoms with Gasteiger partial charge in [-0.3, -0.25) is 0 Å².